The lowest BCUT2D eigenvalue weighted by molar-refractivity contribution is 0.239. The van der Waals surface area contributed by atoms with Crippen molar-refractivity contribution in [1.82, 2.24) is 10.6 Å². The molecule has 1 aliphatic heterocycles. The zero-order valence-electron chi connectivity index (χ0n) is 12.0. The lowest BCUT2D eigenvalue weighted by atomic mass is 10.1. The molecule has 2 aromatic rings. The molecule has 0 spiro atoms. The average molecular weight is 338 g/mol. The number of thiophene rings is 1. The van der Waals surface area contributed by atoms with E-state index in [2.05, 4.69) is 22.1 Å². The number of fused-ring (bicyclic) bond motifs is 1. The van der Waals surface area contributed by atoms with Gasteiger partial charge in [-0.1, -0.05) is 18.2 Å². The number of hydrogen-bond acceptors (Lipinski definition) is 4. The Morgan fingerprint density at radius 1 is 1.27 bits per heavy atom. The molecule has 7 heteroatoms. The predicted molar refractivity (Wildman–Crippen MR) is 88.8 cm³/mol. The van der Waals surface area contributed by atoms with Crippen LogP contribution in [-0.2, 0) is 16.4 Å². The minimum absolute atomic E-state index is 0.0396. The van der Waals surface area contributed by atoms with Crippen molar-refractivity contribution in [3.8, 4) is 0 Å². The van der Waals surface area contributed by atoms with Crippen LogP contribution in [0.4, 0.5) is 4.79 Å². The molecule has 5 nitrogen and oxygen atoms in total. The maximum Gasteiger partial charge on any atom is 0.315 e. The molecule has 2 N–H and O–H groups in total. The summed E-state index contributed by atoms with van der Waals surface area (Å²) in [4.78, 5) is 11.8. The summed E-state index contributed by atoms with van der Waals surface area (Å²) in [7, 11) is -2.89. The molecule has 0 bridgehead atoms. The minimum Gasteiger partial charge on any atom is -0.338 e. The summed E-state index contributed by atoms with van der Waals surface area (Å²) in [5.41, 5.74) is 1.10. The van der Waals surface area contributed by atoms with Gasteiger partial charge in [-0.15, -0.1) is 11.3 Å². The average Bonchev–Trinajstić information content (AvgIpc) is 3.06. The van der Waals surface area contributed by atoms with Crippen molar-refractivity contribution in [1.29, 1.82) is 0 Å². The van der Waals surface area contributed by atoms with E-state index in [0.29, 0.717) is 19.5 Å². The van der Waals surface area contributed by atoms with Crippen molar-refractivity contribution in [3.05, 3.63) is 35.2 Å². The first-order chi connectivity index (χ1) is 10.5. The van der Waals surface area contributed by atoms with Crippen molar-refractivity contribution in [3.63, 3.8) is 0 Å². The highest BCUT2D eigenvalue weighted by Gasteiger charge is 2.27. The van der Waals surface area contributed by atoms with Gasteiger partial charge in [-0.3, -0.25) is 0 Å². The van der Waals surface area contributed by atoms with Crippen LogP contribution < -0.4 is 10.6 Å². The van der Waals surface area contributed by atoms with E-state index in [4.69, 9.17) is 0 Å². The zero-order chi connectivity index (χ0) is 15.6. The van der Waals surface area contributed by atoms with Crippen LogP contribution in [0.2, 0.25) is 0 Å². The van der Waals surface area contributed by atoms with E-state index in [1.54, 1.807) is 11.3 Å². The number of amides is 2. The number of hydrogen-bond donors (Lipinski definition) is 2. The number of carbonyl (C=O) groups excluding carboxylic acids is 1. The number of carbonyl (C=O) groups is 1. The van der Waals surface area contributed by atoms with Gasteiger partial charge in [0.1, 0.15) is 0 Å². The summed E-state index contributed by atoms with van der Waals surface area (Å²) >= 11 is 1.66. The molecule has 2 heterocycles. The summed E-state index contributed by atoms with van der Waals surface area (Å²) < 4.78 is 23.9. The van der Waals surface area contributed by atoms with E-state index in [9.17, 15) is 13.2 Å². The SMILES string of the molecule is O=C(NCc1csc2ccccc12)NCC1CCS(=O)(=O)C1. The molecule has 1 saturated heterocycles. The largest absolute Gasteiger partial charge is 0.338 e. The topological polar surface area (TPSA) is 75.3 Å². The molecule has 0 aliphatic carbocycles. The molecular weight excluding hydrogens is 320 g/mol. The van der Waals surface area contributed by atoms with Gasteiger partial charge in [-0.2, -0.15) is 0 Å². The Morgan fingerprint density at radius 3 is 2.86 bits per heavy atom. The summed E-state index contributed by atoms with van der Waals surface area (Å²) in [6.45, 7) is 0.883. The fourth-order valence-corrected chi connectivity index (χ4v) is 5.50. The second kappa shape index (κ2) is 6.26. The van der Waals surface area contributed by atoms with Crippen molar-refractivity contribution in [2.24, 2.45) is 5.92 Å². The second-order valence-corrected chi connectivity index (χ2v) is 8.73. The van der Waals surface area contributed by atoms with Crippen molar-refractivity contribution in [2.75, 3.05) is 18.1 Å². The van der Waals surface area contributed by atoms with Crippen molar-refractivity contribution in [2.45, 2.75) is 13.0 Å². The first kappa shape index (κ1) is 15.3. The summed E-state index contributed by atoms with van der Waals surface area (Å²) in [6, 6.07) is 7.84. The highest BCUT2D eigenvalue weighted by atomic mass is 32.2. The smallest absolute Gasteiger partial charge is 0.315 e. The Labute approximate surface area is 133 Å². The first-order valence-electron chi connectivity index (χ1n) is 7.21. The van der Waals surface area contributed by atoms with Gasteiger partial charge in [0, 0.05) is 17.8 Å². The third-order valence-corrected chi connectivity index (χ3v) is 6.73. The third-order valence-electron chi connectivity index (χ3n) is 3.88. The highest BCUT2D eigenvalue weighted by Crippen LogP contribution is 2.25. The van der Waals surface area contributed by atoms with Crippen LogP contribution in [0.3, 0.4) is 0 Å². The van der Waals surface area contributed by atoms with E-state index < -0.39 is 9.84 Å². The molecule has 2 amide bonds. The number of benzene rings is 1. The molecule has 1 aromatic heterocycles. The first-order valence-corrected chi connectivity index (χ1v) is 9.91. The maximum atomic E-state index is 11.8. The second-order valence-electron chi connectivity index (χ2n) is 5.59. The molecule has 3 rings (SSSR count). The van der Waals surface area contributed by atoms with E-state index in [1.165, 1.54) is 4.70 Å². The molecule has 22 heavy (non-hydrogen) atoms. The van der Waals surface area contributed by atoms with Gasteiger partial charge in [-0.05, 0) is 34.7 Å². The summed E-state index contributed by atoms with van der Waals surface area (Å²) in [5, 5.41) is 8.80. The van der Waals surface area contributed by atoms with Crippen LogP contribution in [0.25, 0.3) is 10.1 Å². The molecule has 1 unspecified atom stereocenters. The Hall–Kier alpha value is -1.60. The van der Waals surface area contributed by atoms with Gasteiger partial charge in [0.25, 0.3) is 0 Å². The summed E-state index contributed by atoms with van der Waals surface area (Å²) in [6.07, 6.45) is 0.637. The van der Waals surface area contributed by atoms with Gasteiger partial charge >= 0.3 is 6.03 Å². The Bertz CT molecular complexity index is 783. The Kier molecular flexibility index (Phi) is 4.35. The molecule has 1 fully saturated rings. The Balaban J connectivity index is 1.48. The third kappa shape index (κ3) is 3.59. The molecule has 118 valence electrons. The molecule has 1 aliphatic rings. The molecular formula is C15H18N2O3S2. The van der Waals surface area contributed by atoms with Crippen LogP contribution in [0.5, 0.6) is 0 Å². The van der Waals surface area contributed by atoms with Gasteiger partial charge in [0.15, 0.2) is 9.84 Å². The van der Waals surface area contributed by atoms with Crippen LogP contribution in [0, 0.1) is 5.92 Å². The molecule has 1 aromatic carbocycles. The standard InChI is InChI=1S/C15H18N2O3S2/c18-15(16-7-11-5-6-22(19,20)10-11)17-8-12-9-21-14-4-2-1-3-13(12)14/h1-4,9,11H,5-8,10H2,(H2,16,17,18). The van der Waals surface area contributed by atoms with Gasteiger partial charge in [0.2, 0.25) is 0 Å². The minimum atomic E-state index is -2.89. The normalized spacial score (nSPS) is 20.1. The van der Waals surface area contributed by atoms with Crippen LogP contribution >= 0.6 is 11.3 Å². The van der Waals surface area contributed by atoms with E-state index in [-0.39, 0.29) is 23.5 Å². The van der Waals surface area contributed by atoms with Crippen LogP contribution in [0.15, 0.2) is 29.6 Å². The fraction of sp³-hybridized carbons (Fsp3) is 0.400. The summed E-state index contributed by atoms with van der Waals surface area (Å²) in [5.74, 6) is 0.461. The van der Waals surface area contributed by atoms with Crippen LogP contribution in [0.1, 0.15) is 12.0 Å². The number of sulfone groups is 1. The van der Waals surface area contributed by atoms with Gasteiger partial charge in [-0.25, -0.2) is 13.2 Å². The number of rotatable bonds is 4. The number of urea groups is 1. The van der Waals surface area contributed by atoms with Gasteiger partial charge < -0.3 is 10.6 Å². The fourth-order valence-electron chi connectivity index (χ4n) is 2.68. The van der Waals surface area contributed by atoms with Crippen molar-refractivity contribution >= 4 is 37.3 Å². The monoisotopic (exact) mass is 338 g/mol. The quantitative estimate of drug-likeness (QED) is 0.897. The Morgan fingerprint density at radius 2 is 2.09 bits per heavy atom. The highest BCUT2D eigenvalue weighted by molar-refractivity contribution is 7.91. The maximum absolute atomic E-state index is 11.8. The zero-order valence-corrected chi connectivity index (χ0v) is 13.7. The van der Waals surface area contributed by atoms with Crippen LogP contribution in [-0.4, -0.2) is 32.5 Å². The van der Waals surface area contributed by atoms with E-state index in [0.717, 1.165) is 10.9 Å². The number of nitrogens with one attached hydrogen (secondary N) is 2. The molecule has 0 radical (unpaired) electrons. The predicted octanol–water partition coefficient (Wildman–Crippen LogP) is 2.14. The van der Waals surface area contributed by atoms with Crippen molar-refractivity contribution < 1.29 is 13.2 Å². The lowest BCUT2D eigenvalue weighted by Crippen LogP contribution is -2.38. The van der Waals surface area contributed by atoms with E-state index in [1.807, 2.05) is 18.2 Å². The molecule has 1 atom stereocenters. The van der Waals surface area contributed by atoms with Gasteiger partial charge in [0.05, 0.1) is 11.5 Å². The molecule has 0 saturated carbocycles. The van der Waals surface area contributed by atoms with E-state index >= 15 is 0 Å². The lowest BCUT2D eigenvalue weighted by Gasteiger charge is -2.10.